The molecule has 0 aliphatic carbocycles. The molecule has 3 N–H and O–H groups in total. The minimum absolute atomic E-state index is 0.114. The standard InChI is InChI=1S/C23H27N3O6S2/c1-4-17-14-33-23(25-17)19(11-15-5-8-18(9-6-15)32-34(24,28)29)26-22(27)13-16-7-10-20(30-2)21(12-16)31-3/h5-10,12,14,19H,4,11,13H2,1-3H3,(H,26,27)(H2,24,28,29). The summed E-state index contributed by atoms with van der Waals surface area (Å²) in [6.07, 6.45) is 1.41. The van der Waals surface area contributed by atoms with E-state index in [0.29, 0.717) is 17.9 Å². The molecule has 1 atom stereocenters. The summed E-state index contributed by atoms with van der Waals surface area (Å²) in [5, 5.41) is 10.8. The number of nitrogens with one attached hydrogen (secondary N) is 1. The van der Waals surface area contributed by atoms with Crippen LogP contribution in [-0.2, 0) is 34.4 Å². The van der Waals surface area contributed by atoms with E-state index in [1.807, 2.05) is 18.4 Å². The molecule has 182 valence electrons. The number of rotatable bonds is 11. The fraction of sp³-hybridized carbons (Fsp3) is 0.304. The third kappa shape index (κ3) is 7.17. The molecule has 1 aromatic heterocycles. The first-order valence-electron chi connectivity index (χ1n) is 10.5. The molecular formula is C23H27N3O6S2. The molecular weight excluding hydrogens is 478 g/mol. The Kier molecular flexibility index (Phi) is 8.48. The number of ether oxygens (including phenoxy) is 2. The molecule has 0 bridgehead atoms. The van der Waals surface area contributed by atoms with Crippen molar-refractivity contribution >= 4 is 27.5 Å². The van der Waals surface area contributed by atoms with Gasteiger partial charge in [-0.05, 0) is 48.2 Å². The topological polar surface area (TPSA) is 130 Å². The maximum Gasteiger partial charge on any atom is 0.380 e. The predicted octanol–water partition coefficient (Wildman–Crippen LogP) is 2.95. The van der Waals surface area contributed by atoms with Gasteiger partial charge in [0.1, 0.15) is 10.8 Å². The van der Waals surface area contributed by atoms with Crippen molar-refractivity contribution in [1.82, 2.24) is 10.3 Å². The van der Waals surface area contributed by atoms with Crippen molar-refractivity contribution in [2.45, 2.75) is 32.2 Å². The Morgan fingerprint density at radius 2 is 1.76 bits per heavy atom. The molecule has 9 nitrogen and oxygen atoms in total. The molecule has 2 aromatic carbocycles. The molecule has 1 unspecified atom stereocenters. The summed E-state index contributed by atoms with van der Waals surface area (Å²) < 4.78 is 37.5. The Hall–Kier alpha value is -3.15. The van der Waals surface area contributed by atoms with Crippen LogP contribution in [0.2, 0.25) is 0 Å². The number of aryl methyl sites for hydroxylation is 1. The van der Waals surface area contributed by atoms with Crippen LogP contribution in [0.1, 0.15) is 34.8 Å². The number of carbonyl (C=O) groups excluding carboxylic acids is 1. The smallest absolute Gasteiger partial charge is 0.380 e. The second kappa shape index (κ2) is 11.3. The number of nitrogens with two attached hydrogens (primary N) is 1. The van der Waals surface area contributed by atoms with Crippen LogP contribution in [0.3, 0.4) is 0 Å². The van der Waals surface area contributed by atoms with Crippen molar-refractivity contribution in [3.05, 3.63) is 69.7 Å². The lowest BCUT2D eigenvalue weighted by Gasteiger charge is -2.17. The Morgan fingerprint density at radius 1 is 1.09 bits per heavy atom. The lowest BCUT2D eigenvalue weighted by atomic mass is 10.1. The largest absolute Gasteiger partial charge is 0.493 e. The Balaban J connectivity index is 1.76. The summed E-state index contributed by atoms with van der Waals surface area (Å²) in [6.45, 7) is 2.02. The molecule has 0 aliphatic rings. The van der Waals surface area contributed by atoms with E-state index < -0.39 is 10.3 Å². The zero-order valence-corrected chi connectivity index (χ0v) is 20.7. The number of thiazole rings is 1. The SMILES string of the molecule is CCc1csc(C(Cc2ccc(OS(N)(=O)=O)cc2)NC(=O)Cc2ccc(OC)c(OC)c2)n1. The maximum absolute atomic E-state index is 12.9. The number of methoxy groups -OCH3 is 2. The average molecular weight is 506 g/mol. The molecule has 0 spiro atoms. The van der Waals surface area contributed by atoms with Gasteiger partial charge in [-0.1, -0.05) is 25.1 Å². The van der Waals surface area contributed by atoms with E-state index in [1.165, 1.54) is 23.5 Å². The molecule has 1 heterocycles. The van der Waals surface area contributed by atoms with E-state index in [1.54, 1.807) is 38.5 Å². The quantitative estimate of drug-likeness (QED) is 0.410. The highest BCUT2D eigenvalue weighted by atomic mass is 32.2. The second-order valence-corrected chi connectivity index (χ2v) is 9.48. The molecule has 34 heavy (non-hydrogen) atoms. The number of benzene rings is 2. The zero-order valence-electron chi connectivity index (χ0n) is 19.1. The van der Waals surface area contributed by atoms with Crippen LogP contribution in [0.25, 0.3) is 0 Å². The lowest BCUT2D eigenvalue weighted by Crippen LogP contribution is -2.31. The Labute approximate surface area is 203 Å². The highest BCUT2D eigenvalue weighted by molar-refractivity contribution is 7.84. The molecule has 0 fully saturated rings. The number of hydrogen-bond acceptors (Lipinski definition) is 8. The number of hydrogen-bond donors (Lipinski definition) is 2. The molecule has 0 aliphatic heterocycles. The number of amides is 1. The molecule has 11 heteroatoms. The number of nitrogens with zero attached hydrogens (tertiary/aromatic N) is 1. The highest BCUT2D eigenvalue weighted by Crippen LogP contribution is 2.28. The molecule has 0 saturated heterocycles. The van der Waals surface area contributed by atoms with Gasteiger partial charge in [-0.2, -0.15) is 13.6 Å². The third-order valence-corrected chi connectivity index (χ3v) is 6.39. The van der Waals surface area contributed by atoms with Crippen molar-refractivity contribution in [3.8, 4) is 17.2 Å². The monoisotopic (exact) mass is 505 g/mol. The second-order valence-electron chi connectivity index (χ2n) is 7.44. The molecule has 0 saturated carbocycles. The van der Waals surface area contributed by atoms with Gasteiger partial charge in [0.25, 0.3) is 0 Å². The van der Waals surface area contributed by atoms with Gasteiger partial charge in [0, 0.05) is 5.38 Å². The van der Waals surface area contributed by atoms with Crippen molar-refractivity contribution in [3.63, 3.8) is 0 Å². The van der Waals surface area contributed by atoms with Crippen molar-refractivity contribution < 1.29 is 26.9 Å². The molecule has 1 amide bonds. The first-order valence-corrected chi connectivity index (χ1v) is 12.8. The van der Waals surface area contributed by atoms with Crippen molar-refractivity contribution in [2.24, 2.45) is 5.14 Å². The van der Waals surface area contributed by atoms with Gasteiger partial charge in [-0.3, -0.25) is 4.79 Å². The molecule has 3 rings (SSSR count). The van der Waals surface area contributed by atoms with E-state index >= 15 is 0 Å². The summed E-state index contributed by atoms with van der Waals surface area (Å²) in [5.74, 6) is 1.09. The molecule has 0 radical (unpaired) electrons. The first kappa shape index (κ1) is 25.5. The Morgan fingerprint density at radius 3 is 2.35 bits per heavy atom. The highest BCUT2D eigenvalue weighted by Gasteiger charge is 2.20. The van der Waals surface area contributed by atoms with E-state index in [4.69, 9.17) is 14.6 Å². The summed E-state index contributed by atoms with van der Waals surface area (Å²) in [7, 11) is -0.991. The van der Waals surface area contributed by atoms with Gasteiger partial charge in [-0.25, -0.2) is 4.98 Å². The van der Waals surface area contributed by atoms with Crippen LogP contribution >= 0.6 is 11.3 Å². The van der Waals surface area contributed by atoms with Crippen LogP contribution in [0.15, 0.2) is 47.8 Å². The van der Waals surface area contributed by atoms with Crippen LogP contribution in [-0.4, -0.2) is 33.5 Å². The maximum atomic E-state index is 12.9. The number of aromatic nitrogens is 1. The van der Waals surface area contributed by atoms with Crippen LogP contribution in [0.5, 0.6) is 17.2 Å². The Bertz CT molecular complexity index is 1230. The van der Waals surface area contributed by atoms with Gasteiger partial charge in [0.15, 0.2) is 11.5 Å². The van der Waals surface area contributed by atoms with Crippen molar-refractivity contribution in [2.75, 3.05) is 14.2 Å². The minimum atomic E-state index is -4.09. The van der Waals surface area contributed by atoms with E-state index in [-0.39, 0.29) is 24.1 Å². The van der Waals surface area contributed by atoms with Crippen LogP contribution in [0, 0.1) is 0 Å². The molecule has 3 aromatic rings. The summed E-state index contributed by atoms with van der Waals surface area (Å²) in [6, 6.07) is 11.5. The fourth-order valence-electron chi connectivity index (χ4n) is 3.32. The van der Waals surface area contributed by atoms with Gasteiger partial charge in [0.2, 0.25) is 5.91 Å². The minimum Gasteiger partial charge on any atom is -0.493 e. The van der Waals surface area contributed by atoms with Crippen LogP contribution in [0.4, 0.5) is 0 Å². The van der Waals surface area contributed by atoms with E-state index in [9.17, 15) is 13.2 Å². The summed E-state index contributed by atoms with van der Waals surface area (Å²) >= 11 is 1.49. The third-order valence-electron chi connectivity index (χ3n) is 4.95. The average Bonchev–Trinajstić information content (AvgIpc) is 3.28. The number of carbonyl (C=O) groups is 1. The van der Waals surface area contributed by atoms with E-state index in [2.05, 4.69) is 14.5 Å². The fourth-order valence-corrected chi connectivity index (χ4v) is 4.65. The van der Waals surface area contributed by atoms with Gasteiger partial charge in [-0.15, -0.1) is 11.3 Å². The van der Waals surface area contributed by atoms with Gasteiger partial charge < -0.3 is 19.0 Å². The zero-order chi connectivity index (χ0) is 24.7. The summed E-state index contributed by atoms with van der Waals surface area (Å²) in [4.78, 5) is 17.6. The van der Waals surface area contributed by atoms with E-state index in [0.717, 1.165) is 28.2 Å². The predicted molar refractivity (Wildman–Crippen MR) is 130 cm³/mol. The first-order chi connectivity index (χ1) is 16.2. The normalized spacial score (nSPS) is 12.1. The van der Waals surface area contributed by atoms with Crippen LogP contribution < -0.4 is 24.1 Å². The summed E-state index contributed by atoms with van der Waals surface area (Å²) in [5.41, 5.74) is 2.61. The van der Waals surface area contributed by atoms with Gasteiger partial charge >= 0.3 is 10.3 Å². The van der Waals surface area contributed by atoms with Gasteiger partial charge in [0.05, 0.1) is 32.4 Å². The van der Waals surface area contributed by atoms with Crippen molar-refractivity contribution in [1.29, 1.82) is 0 Å². The lowest BCUT2D eigenvalue weighted by molar-refractivity contribution is -0.121.